The van der Waals surface area contributed by atoms with Gasteiger partial charge in [-0.05, 0) is 47.2 Å². The Kier molecular flexibility index (Phi) is 4.31. The second kappa shape index (κ2) is 5.75. The lowest BCUT2D eigenvalue weighted by molar-refractivity contribution is 0.578. The summed E-state index contributed by atoms with van der Waals surface area (Å²) in [5.74, 6) is 0. The van der Waals surface area contributed by atoms with Gasteiger partial charge in [0.15, 0.2) is 0 Å². The zero-order chi connectivity index (χ0) is 11.4. The molecule has 84 valence electrons. The van der Waals surface area contributed by atoms with Crippen LogP contribution in [0, 0.1) is 3.57 Å². The highest BCUT2D eigenvalue weighted by Crippen LogP contribution is 2.15. The third kappa shape index (κ3) is 3.26. The van der Waals surface area contributed by atoms with E-state index in [9.17, 15) is 0 Å². The molecule has 1 heterocycles. The van der Waals surface area contributed by atoms with E-state index < -0.39 is 0 Å². The van der Waals surface area contributed by atoms with Crippen molar-refractivity contribution >= 4 is 33.9 Å². The van der Waals surface area contributed by atoms with Gasteiger partial charge in [-0.1, -0.05) is 12.1 Å². The molecule has 0 saturated heterocycles. The lowest BCUT2D eigenvalue weighted by Crippen LogP contribution is -2.17. The molecule has 0 spiro atoms. The molecule has 0 radical (unpaired) electrons. The van der Waals surface area contributed by atoms with Crippen molar-refractivity contribution in [1.29, 1.82) is 0 Å². The van der Waals surface area contributed by atoms with E-state index in [0.29, 0.717) is 6.04 Å². The van der Waals surface area contributed by atoms with Gasteiger partial charge in [-0.15, -0.1) is 11.3 Å². The molecule has 1 unspecified atom stereocenters. The molecule has 1 atom stereocenters. The van der Waals surface area contributed by atoms with Crippen molar-refractivity contribution in [2.75, 3.05) is 0 Å². The maximum atomic E-state index is 4.06. The number of nitrogens with zero attached hydrogens (tertiary/aromatic N) is 1. The van der Waals surface area contributed by atoms with E-state index in [1.807, 2.05) is 11.7 Å². The summed E-state index contributed by atoms with van der Waals surface area (Å²) in [6, 6.07) is 9.00. The highest BCUT2D eigenvalue weighted by molar-refractivity contribution is 14.1. The zero-order valence-electron chi connectivity index (χ0n) is 8.98. The summed E-state index contributed by atoms with van der Waals surface area (Å²) in [4.78, 5) is 5.34. The predicted molar refractivity (Wildman–Crippen MR) is 76.5 cm³/mol. The Labute approximate surface area is 113 Å². The molecular formula is C12H13IN2S. The Morgan fingerprint density at radius 1 is 1.38 bits per heavy atom. The fourth-order valence-corrected chi connectivity index (χ4v) is 2.36. The van der Waals surface area contributed by atoms with E-state index >= 15 is 0 Å². The Bertz CT molecular complexity index is 425. The minimum absolute atomic E-state index is 0.374. The lowest BCUT2D eigenvalue weighted by atomic mass is 10.1. The molecule has 0 aliphatic carbocycles. The van der Waals surface area contributed by atoms with Gasteiger partial charge in [0.05, 0.1) is 5.51 Å². The molecule has 1 N–H and O–H groups in total. The molecule has 2 rings (SSSR count). The Morgan fingerprint density at radius 2 is 2.12 bits per heavy atom. The molecule has 0 fully saturated rings. The summed E-state index contributed by atoms with van der Waals surface area (Å²) in [5, 5.41) is 3.49. The molecule has 1 aromatic carbocycles. The summed E-state index contributed by atoms with van der Waals surface area (Å²) in [7, 11) is 0. The molecular weight excluding hydrogens is 331 g/mol. The van der Waals surface area contributed by atoms with E-state index in [1.54, 1.807) is 11.3 Å². The topological polar surface area (TPSA) is 24.9 Å². The van der Waals surface area contributed by atoms with Gasteiger partial charge in [0.2, 0.25) is 0 Å². The SMILES string of the molecule is CC(NCc1cncs1)c1ccc(I)cc1. The van der Waals surface area contributed by atoms with Crippen molar-refractivity contribution in [3.8, 4) is 0 Å². The Morgan fingerprint density at radius 3 is 2.75 bits per heavy atom. The van der Waals surface area contributed by atoms with Gasteiger partial charge in [-0.3, -0.25) is 4.98 Å². The van der Waals surface area contributed by atoms with Crippen LogP contribution in [0.2, 0.25) is 0 Å². The first kappa shape index (κ1) is 12.0. The molecule has 0 amide bonds. The number of nitrogens with one attached hydrogen (secondary N) is 1. The second-order valence-electron chi connectivity index (χ2n) is 3.62. The predicted octanol–water partition coefficient (Wildman–Crippen LogP) is 3.60. The van der Waals surface area contributed by atoms with Crippen molar-refractivity contribution in [3.63, 3.8) is 0 Å². The van der Waals surface area contributed by atoms with E-state index in [2.05, 4.69) is 64.1 Å². The van der Waals surface area contributed by atoms with Crippen LogP contribution in [0.3, 0.4) is 0 Å². The van der Waals surface area contributed by atoms with Crippen LogP contribution in [-0.2, 0) is 6.54 Å². The number of aromatic nitrogens is 1. The highest BCUT2D eigenvalue weighted by Gasteiger charge is 2.04. The average molecular weight is 344 g/mol. The molecule has 4 heteroatoms. The first-order valence-corrected chi connectivity index (χ1v) is 7.08. The van der Waals surface area contributed by atoms with Crippen LogP contribution in [0.25, 0.3) is 0 Å². The molecule has 0 aliphatic rings. The summed E-state index contributed by atoms with van der Waals surface area (Å²) in [5.41, 5.74) is 3.19. The smallest absolute Gasteiger partial charge is 0.0794 e. The Hall–Kier alpha value is -0.460. The first-order valence-electron chi connectivity index (χ1n) is 5.12. The third-order valence-corrected chi connectivity index (χ3v) is 3.93. The van der Waals surface area contributed by atoms with Gasteiger partial charge < -0.3 is 5.32 Å². The van der Waals surface area contributed by atoms with Gasteiger partial charge >= 0.3 is 0 Å². The molecule has 1 aromatic heterocycles. The van der Waals surface area contributed by atoms with Gasteiger partial charge in [0, 0.05) is 27.2 Å². The van der Waals surface area contributed by atoms with Gasteiger partial charge in [0.1, 0.15) is 0 Å². The van der Waals surface area contributed by atoms with Crippen LogP contribution < -0.4 is 5.32 Å². The quantitative estimate of drug-likeness (QED) is 0.858. The van der Waals surface area contributed by atoms with Crippen molar-refractivity contribution in [2.24, 2.45) is 0 Å². The summed E-state index contributed by atoms with van der Waals surface area (Å²) >= 11 is 4.01. The largest absolute Gasteiger partial charge is 0.305 e. The van der Waals surface area contributed by atoms with Crippen molar-refractivity contribution in [2.45, 2.75) is 19.5 Å². The number of benzene rings is 1. The number of rotatable bonds is 4. The van der Waals surface area contributed by atoms with Gasteiger partial charge in [-0.25, -0.2) is 0 Å². The monoisotopic (exact) mass is 344 g/mol. The van der Waals surface area contributed by atoms with E-state index in [-0.39, 0.29) is 0 Å². The van der Waals surface area contributed by atoms with Crippen LogP contribution in [-0.4, -0.2) is 4.98 Å². The Balaban J connectivity index is 1.93. The van der Waals surface area contributed by atoms with Crippen LogP contribution >= 0.6 is 33.9 Å². The molecule has 0 aliphatic heterocycles. The number of thiazole rings is 1. The summed E-state index contributed by atoms with van der Waals surface area (Å²) in [6.07, 6.45) is 1.91. The lowest BCUT2D eigenvalue weighted by Gasteiger charge is -2.13. The molecule has 0 saturated carbocycles. The van der Waals surface area contributed by atoms with Crippen molar-refractivity contribution < 1.29 is 0 Å². The van der Waals surface area contributed by atoms with E-state index in [0.717, 1.165) is 6.54 Å². The minimum atomic E-state index is 0.374. The summed E-state index contributed by atoms with van der Waals surface area (Å²) < 4.78 is 1.27. The van der Waals surface area contributed by atoms with Gasteiger partial charge in [-0.2, -0.15) is 0 Å². The molecule has 2 nitrogen and oxygen atoms in total. The van der Waals surface area contributed by atoms with Gasteiger partial charge in [0.25, 0.3) is 0 Å². The normalized spacial score (nSPS) is 12.6. The van der Waals surface area contributed by atoms with Crippen LogP contribution in [0.4, 0.5) is 0 Å². The van der Waals surface area contributed by atoms with Crippen LogP contribution in [0.15, 0.2) is 36.0 Å². The standard InChI is InChI=1S/C12H13IN2S/c1-9(10-2-4-11(13)5-3-10)15-7-12-6-14-8-16-12/h2-6,8-9,15H,7H2,1H3. The fraction of sp³-hybridized carbons (Fsp3) is 0.250. The van der Waals surface area contributed by atoms with Crippen molar-refractivity contribution in [1.82, 2.24) is 10.3 Å². The molecule has 16 heavy (non-hydrogen) atoms. The maximum Gasteiger partial charge on any atom is 0.0794 e. The minimum Gasteiger partial charge on any atom is -0.305 e. The third-order valence-electron chi connectivity index (χ3n) is 2.44. The average Bonchev–Trinajstić information content (AvgIpc) is 2.80. The number of hydrogen-bond acceptors (Lipinski definition) is 3. The molecule has 0 bridgehead atoms. The second-order valence-corrected chi connectivity index (χ2v) is 5.84. The number of halogens is 1. The van der Waals surface area contributed by atoms with Crippen LogP contribution in [0.5, 0.6) is 0 Å². The van der Waals surface area contributed by atoms with Crippen LogP contribution in [0.1, 0.15) is 23.4 Å². The maximum absolute atomic E-state index is 4.06. The molecule has 2 aromatic rings. The van der Waals surface area contributed by atoms with E-state index in [4.69, 9.17) is 0 Å². The van der Waals surface area contributed by atoms with Crippen molar-refractivity contribution in [3.05, 3.63) is 50.0 Å². The van der Waals surface area contributed by atoms with E-state index in [1.165, 1.54) is 14.0 Å². The fourth-order valence-electron chi connectivity index (χ4n) is 1.45. The zero-order valence-corrected chi connectivity index (χ0v) is 12.0. The summed E-state index contributed by atoms with van der Waals surface area (Å²) in [6.45, 7) is 3.07. The number of hydrogen-bond donors (Lipinski definition) is 1. The first-order chi connectivity index (χ1) is 7.75. The highest BCUT2D eigenvalue weighted by atomic mass is 127.